The molecule has 1 aliphatic carbocycles. The molecule has 1 atom stereocenters. The highest BCUT2D eigenvalue weighted by atomic mass is 32.2. The molecule has 0 bridgehead atoms. The third kappa shape index (κ3) is 5.13. The zero-order valence-electron chi connectivity index (χ0n) is 15.7. The van der Waals surface area contributed by atoms with Gasteiger partial charge < -0.3 is 10.1 Å². The SMILES string of the molecule is O=C(Nc1ncc(F)s1)[C@H](CC1CCOCC1)c1ccc(SC2CCC2)cc1. The van der Waals surface area contributed by atoms with Crippen LogP contribution in [0.5, 0.6) is 0 Å². The number of nitrogens with one attached hydrogen (secondary N) is 1. The first kappa shape index (κ1) is 19.9. The maximum atomic E-state index is 13.2. The quantitative estimate of drug-likeness (QED) is 0.646. The van der Waals surface area contributed by atoms with Gasteiger partial charge in [-0.15, -0.1) is 11.8 Å². The first-order valence-corrected chi connectivity index (χ1v) is 11.6. The van der Waals surface area contributed by atoms with Gasteiger partial charge in [-0.3, -0.25) is 4.79 Å². The van der Waals surface area contributed by atoms with Crippen molar-refractivity contribution in [3.05, 3.63) is 41.2 Å². The van der Waals surface area contributed by atoms with E-state index in [1.165, 1.54) is 24.2 Å². The van der Waals surface area contributed by atoms with E-state index in [1.807, 2.05) is 11.8 Å². The topological polar surface area (TPSA) is 51.2 Å². The van der Waals surface area contributed by atoms with Gasteiger partial charge in [-0.2, -0.15) is 4.39 Å². The molecular weight excluding hydrogens is 395 g/mol. The number of hydrogen-bond donors (Lipinski definition) is 1. The van der Waals surface area contributed by atoms with Crippen molar-refractivity contribution < 1.29 is 13.9 Å². The smallest absolute Gasteiger partial charge is 0.233 e. The van der Waals surface area contributed by atoms with Gasteiger partial charge in [-0.25, -0.2) is 4.98 Å². The number of amides is 1. The highest BCUT2D eigenvalue weighted by molar-refractivity contribution is 8.00. The number of nitrogens with zero attached hydrogens (tertiary/aromatic N) is 1. The minimum Gasteiger partial charge on any atom is -0.381 e. The minimum absolute atomic E-state index is 0.111. The van der Waals surface area contributed by atoms with Gasteiger partial charge in [-0.1, -0.05) is 29.9 Å². The van der Waals surface area contributed by atoms with E-state index in [1.54, 1.807) is 0 Å². The molecule has 0 spiro atoms. The third-order valence-corrected chi connectivity index (χ3v) is 7.62. The Labute approximate surface area is 173 Å². The summed E-state index contributed by atoms with van der Waals surface area (Å²) in [5, 5.41) is 3.47. The van der Waals surface area contributed by atoms with Crippen LogP contribution in [0.3, 0.4) is 0 Å². The monoisotopic (exact) mass is 420 g/mol. The fraction of sp³-hybridized carbons (Fsp3) is 0.524. The van der Waals surface area contributed by atoms with Crippen LogP contribution >= 0.6 is 23.1 Å². The van der Waals surface area contributed by atoms with Crippen molar-refractivity contribution in [2.24, 2.45) is 5.92 Å². The lowest BCUT2D eigenvalue weighted by atomic mass is 9.84. The molecule has 1 aromatic carbocycles. The van der Waals surface area contributed by atoms with E-state index < -0.39 is 5.13 Å². The number of rotatable bonds is 7. The lowest BCUT2D eigenvalue weighted by Gasteiger charge is -2.27. The van der Waals surface area contributed by atoms with Crippen LogP contribution in [-0.2, 0) is 9.53 Å². The van der Waals surface area contributed by atoms with Gasteiger partial charge in [0, 0.05) is 23.4 Å². The number of thioether (sulfide) groups is 1. The van der Waals surface area contributed by atoms with Gasteiger partial charge in [0.05, 0.1) is 12.1 Å². The summed E-state index contributed by atoms with van der Waals surface area (Å²) in [6.45, 7) is 1.52. The van der Waals surface area contributed by atoms with Crippen molar-refractivity contribution in [1.29, 1.82) is 0 Å². The van der Waals surface area contributed by atoms with E-state index in [-0.39, 0.29) is 11.8 Å². The number of anilines is 1. The van der Waals surface area contributed by atoms with Crippen LogP contribution in [-0.4, -0.2) is 29.4 Å². The van der Waals surface area contributed by atoms with Crippen LogP contribution in [0.1, 0.15) is 50.0 Å². The molecular formula is C21H25FN2O2S2. The number of ether oxygens (including phenoxy) is 1. The van der Waals surface area contributed by atoms with Gasteiger partial charge in [0.1, 0.15) is 0 Å². The maximum Gasteiger partial charge on any atom is 0.233 e. The zero-order chi connectivity index (χ0) is 19.3. The Bertz CT molecular complexity index is 786. The minimum atomic E-state index is -0.395. The largest absolute Gasteiger partial charge is 0.381 e. The summed E-state index contributed by atoms with van der Waals surface area (Å²) in [4.78, 5) is 18.2. The normalized spacial score (nSPS) is 19.2. The Morgan fingerprint density at radius 1 is 1.25 bits per heavy atom. The fourth-order valence-electron chi connectivity index (χ4n) is 3.67. The van der Waals surface area contributed by atoms with Crippen molar-refractivity contribution in [2.75, 3.05) is 18.5 Å². The first-order valence-electron chi connectivity index (χ1n) is 9.94. The molecule has 0 radical (unpaired) electrons. The predicted molar refractivity (Wildman–Crippen MR) is 112 cm³/mol. The summed E-state index contributed by atoms with van der Waals surface area (Å²) in [7, 11) is 0. The second-order valence-corrected chi connectivity index (χ2v) is 9.90. The van der Waals surface area contributed by atoms with Crippen LogP contribution in [0.2, 0.25) is 0 Å². The van der Waals surface area contributed by atoms with Crippen LogP contribution in [0.15, 0.2) is 35.4 Å². The van der Waals surface area contributed by atoms with E-state index in [2.05, 4.69) is 34.6 Å². The van der Waals surface area contributed by atoms with E-state index in [0.717, 1.165) is 60.8 Å². The van der Waals surface area contributed by atoms with Gasteiger partial charge >= 0.3 is 0 Å². The number of aromatic nitrogens is 1. The lowest BCUT2D eigenvalue weighted by molar-refractivity contribution is -0.118. The Balaban J connectivity index is 1.48. The lowest BCUT2D eigenvalue weighted by Crippen LogP contribution is -2.26. The first-order chi connectivity index (χ1) is 13.7. The summed E-state index contributed by atoms with van der Waals surface area (Å²) in [5.41, 5.74) is 1.01. The third-order valence-electron chi connectivity index (χ3n) is 5.57. The van der Waals surface area contributed by atoms with Gasteiger partial charge in [0.15, 0.2) is 10.3 Å². The second-order valence-electron chi connectivity index (χ2n) is 7.54. The Kier molecular flexibility index (Phi) is 6.65. The molecule has 7 heteroatoms. The molecule has 2 aromatic rings. The fourth-order valence-corrected chi connectivity index (χ4v) is 5.47. The summed E-state index contributed by atoms with van der Waals surface area (Å²) < 4.78 is 18.7. The van der Waals surface area contributed by atoms with Gasteiger partial charge in [-0.05, 0) is 55.7 Å². The molecule has 4 rings (SSSR count). The highest BCUT2D eigenvalue weighted by Gasteiger charge is 2.27. The molecule has 1 saturated carbocycles. The summed E-state index contributed by atoms with van der Waals surface area (Å²) in [6, 6.07) is 8.41. The molecule has 2 aliphatic rings. The highest BCUT2D eigenvalue weighted by Crippen LogP contribution is 2.37. The van der Waals surface area contributed by atoms with Crippen LogP contribution in [0, 0.1) is 11.0 Å². The Hall–Kier alpha value is -1.44. The van der Waals surface area contributed by atoms with E-state index in [0.29, 0.717) is 11.0 Å². The van der Waals surface area contributed by atoms with Crippen molar-refractivity contribution in [1.82, 2.24) is 4.98 Å². The number of carbonyl (C=O) groups is 1. The van der Waals surface area contributed by atoms with Gasteiger partial charge in [0.2, 0.25) is 5.91 Å². The van der Waals surface area contributed by atoms with Crippen LogP contribution in [0.4, 0.5) is 9.52 Å². The number of benzene rings is 1. The molecule has 1 saturated heterocycles. The molecule has 1 aromatic heterocycles. The Morgan fingerprint density at radius 2 is 2.00 bits per heavy atom. The van der Waals surface area contributed by atoms with E-state index in [4.69, 9.17) is 4.74 Å². The van der Waals surface area contributed by atoms with E-state index >= 15 is 0 Å². The van der Waals surface area contributed by atoms with Crippen molar-refractivity contribution >= 4 is 34.1 Å². The average molecular weight is 421 g/mol. The van der Waals surface area contributed by atoms with Crippen LogP contribution in [0.25, 0.3) is 0 Å². The molecule has 2 heterocycles. The molecule has 1 amide bonds. The maximum absolute atomic E-state index is 13.2. The number of halogens is 1. The van der Waals surface area contributed by atoms with Crippen LogP contribution < -0.4 is 5.32 Å². The standard InChI is InChI=1S/C21H25FN2O2S2/c22-19-13-23-21(28-19)24-20(25)18(12-14-8-10-26-11-9-14)15-4-6-17(7-5-15)27-16-2-1-3-16/h4-7,13-14,16,18H,1-3,8-12H2,(H,23,24,25)/t18-/m1/s1. The molecule has 1 aliphatic heterocycles. The number of thiazole rings is 1. The second kappa shape index (κ2) is 9.37. The molecule has 150 valence electrons. The average Bonchev–Trinajstić information content (AvgIpc) is 3.09. The predicted octanol–water partition coefficient (Wildman–Crippen LogP) is 5.47. The van der Waals surface area contributed by atoms with Crippen molar-refractivity contribution in [3.63, 3.8) is 0 Å². The van der Waals surface area contributed by atoms with Crippen molar-refractivity contribution in [3.8, 4) is 0 Å². The summed E-state index contributed by atoms with van der Waals surface area (Å²) >= 11 is 2.79. The summed E-state index contributed by atoms with van der Waals surface area (Å²) in [5.74, 6) is 0.0830. The number of hydrogen-bond acceptors (Lipinski definition) is 5. The molecule has 1 N–H and O–H groups in total. The zero-order valence-corrected chi connectivity index (χ0v) is 17.4. The Morgan fingerprint density at radius 3 is 2.61 bits per heavy atom. The van der Waals surface area contributed by atoms with E-state index in [9.17, 15) is 9.18 Å². The molecule has 28 heavy (non-hydrogen) atoms. The van der Waals surface area contributed by atoms with Crippen molar-refractivity contribution in [2.45, 2.75) is 54.6 Å². The molecule has 4 nitrogen and oxygen atoms in total. The number of carbonyl (C=O) groups excluding carboxylic acids is 1. The summed E-state index contributed by atoms with van der Waals surface area (Å²) in [6.07, 6.45) is 7.80. The molecule has 2 fully saturated rings. The molecule has 0 unspecified atom stereocenters. The van der Waals surface area contributed by atoms with Gasteiger partial charge in [0.25, 0.3) is 0 Å².